The lowest BCUT2D eigenvalue weighted by Gasteiger charge is -2.29. The smallest absolute Gasteiger partial charge is 0.161 e. The first-order chi connectivity index (χ1) is 14.6. The summed E-state index contributed by atoms with van der Waals surface area (Å²) < 4.78 is 11.1. The van der Waals surface area contributed by atoms with Crippen LogP contribution in [0.25, 0.3) is 0 Å². The lowest BCUT2D eigenvalue weighted by molar-refractivity contribution is 0.111. The molecule has 0 aromatic heterocycles. The molecule has 3 aromatic rings. The minimum Gasteiger partial charge on any atom is -0.493 e. The number of hydrogen-bond donors (Lipinski definition) is 1. The van der Waals surface area contributed by atoms with Crippen molar-refractivity contribution >= 4 is 11.4 Å². The largest absolute Gasteiger partial charge is 0.493 e. The van der Waals surface area contributed by atoms with Crippen LogP contribution < -0.4 is 19.3 Å². The van der Waals surface area contributed by atoms with Gasteiger partial charge in [-0.2, -0.15) is 0 Å². The number of aliphatic hydroxyl groups is 1. The first-order valence-electron chi connectivity index (χ1n) is 10.1. The molecule has 0 fully saturated rings. The number of methoxy groups -OCH3 is 1. The molecule has 0 saturated carbocycles. The maximum Gasteiger partial charge on any atom is 0.161 e. The molecule has 1 unspecified atom stereocenters. The van der Waals surface area contributed by atoms with Gasteiger partial charge in [0, 0.05) is 27.2 Å². The Morgan fingerprint density at radius 1 is 0.767 bits per heavy atom. The second kappa shape index (κ2) is 10.6. The van der Waals surface area contributed by atoms with Crippen LogP contribution in [0.4, 0.5) is 11.4 Å². The molecule has 0 saturated heterocycles. The van der Waals surface area contributed by atoms with E-state index in [1.807, 2.05) is 49.5 Å². The molecule has 0 aliphatic rings. The van der Waals surface area contributed by atoms with Crippen molar-refractivity contribution in [3.05, 3.63) is 84.4 Å². The number of ether oxygens (including phenoxy) is 2. The summed E-state index contributed by atoms with van der Waals surface area (Å²) in [5, 5.41) is 10.5. The Kier molecular flexibility index (Phi) is 7.57. The van der Waals surface area contributed by atoms with Gasteiger partial charge in [-0.1, -0.05) is 54.6 Å². The summed E-state index contributed by atoms with van der Waals surface area (Å²) in [6.07, 6.45) is -0.646. The van der Waals surface area contributed by atoms with Gasteiger partial charge < -0.3 is 24.4 Å². The van der Waals surface area contributed by atoms with Gasteiger partial charge in [0.1, 0.15) is 12.7 Å². The Hall–Kier alpha value is -3.18. The number of aliphatic hydroxyl groups excluding tert-OH is 1. The Labute approximate surface area is 179 Å². The van der Waals surface area contributed by atoms with Crippen molar-refractivity contribution in [2.45, 2.75) is 12.6 Å². The Balaban J connectivity index is 1.63. The summed E-state index contributed by atoms with van der Waals surface area (Å²) in [5.74, 6) is 1.29. The number of para-hydroxylation sites is 4. The van der Waals surface area contributed by atoms with Crippen molar-refractivity contribution in [2.75, 3.05) is 44.2 Å². The van der Waals surface area contributed by atoms with E-state index in [0.29, 0.717) is 18.0 Å². The SMILES string of the molecule is COc1ccccc1OCC(O)CN(C)c1ccccc1N(C)Cc1ccccc1. The fourth-order valence-corrected chi connectivity index (χ4v) is 3.44. The van der Waals surface area contributed by atoms with Crippen molar-refractivity contribution in [3.63, 3.8) is 0 Å². The summed E-state index contributed by atoms with van der Waals surface area (Å²) in [6, 6.07) is 26.1. The Morgan fingerprint density at radius 2 is 1.33 bits per heavy atom. The van der Waals surface area contributed by atoms with Crippen molar-refractivity contribution in [2.24, 2.45) is 0 Å². The number of hydrogen-bond acceptors (Lipinski definition) is 5. The third-order valence-corrected chi connectivity index (χ3v) is 4.95. The maximum absolute atomic E-state index is 10.5. The molecule has 5 nitrogen and oxygen atoms in total. The number of rotatable bonds is 10. The van der Waals surface area contributed by atoms with Crippen LogP contribution in [0.3, 0.4) is 0 Å². The molecule has 0 amide bonds. The van der Waals surface area contributed by atoms with Gasteiger partial charge >= 0.3 is 0 Å². The minimum atomic E-state index is -0.646. The van der Waals surface area contributed by atoms with E-state index in [9.17, 15) is 5.11 Å². The van der Waals surface area contributed by atoms with E-state index < -0.39 is 6.10 Å². The van der Waals surface area contributed by atoms with Crippen LogP contribution in [0.15, 0.2) is 78.9 Å². The second-order valence-electron chi connectivity index (χ2n) is 7.33. The predicted molar refractivity (Wildman–Crippen MR) is 123 cm³/mol. The van der Waals surface area contributed by atoms with E-state index in [0.717, 1.165) is 17.9 Å². The molecule has 3 rings (SSSR count). The fraction of sp³-hybridized carbons (Fsp3) is 0.280. The molecule has 30 heavy (non-hydrogen) atoms. The number of benzene rings is 3. The molecule has 1 N–H and O–H groups in total. The molecule has 158 valence electrons. The molecule has 0 spiro atoms. The van der Waals surface area contributed by atoms with Crippen LogP contribution in [0.2, 0.25) is 0 Å². The van der Waals surface area contributed by atoms with Gasteiger partial charge in [0.25, 0.3) is 0 Å². The molecule has 3 aromatic carbocycles. The highest BCUT2D eigenvalue weighted by Crippen LogP contribution is 2.29. The summed E-state index contributed by atoms with van der Waals surface area (Å²) in [5.41, 5.74) is 3.43. The number of anilines is 2. The molecule has 0 aliphatic carbocycles. The molecule has 0 bridgehead atoms. The fourth-order valence-electron chi connectivity index (χ4n) is 3.44. The molecule has 0 aliphatic heterocycles. The van der Waals surface area contributed by atoms with E-state index >= 15 is 0 Å². The normalized spacial score (nSPS) is 11.6. The topological polar surface area (TPSA) is 45.2 Å². The van der Waals surface area contributed by atoms with Gasteiger partial charge in [-0.3, -0.25) is 0 Å². The van der Waals surface area contributed by atoms with Gasteiger partial charge in [0.05, 0.1) is 18.5 Å². The van der Waals surface area contributed by atoms with Gasteiger partial charge in [-0.15, -0.1) is 0 Å². The van der Waals surface area contributed by atoms with E-state index in [4.69, 9.17) is 9.47 Å². The average molecular weight is 407 g/mol. The first kappa shape index (κ1) is 21.5. The zero-order chi connectivity index (χ0) is 21.3. The molecule has 1 atom stereocenters. The van der Waals surface area contributed by atoms with Crippen LogP contribution in [-0.2, 0) is 6.54 Å². The summed E-state index contributed by atoms with van der Waals surface area (Å²) in [4.78, 5) is 4.28. The number of nitrogens with zero attached hydrogens (tertiary/aromatic N) is 2. The third kappa shape index (κ3) is 5.67. The Morgan fingerprint density at radius 3 is 2.00 bits per heavy atom. The van der Waals surface area contributed by atoms with Gasteiger partial charge in [0.2, 0.25) is 0 Å². The highest BCUT2D eigenvalue weighted by Gasteiger charge is 2.15. The van der Waals surface area contributed by atoms with Crippen LogP contribution in [-0.4, -0.2) is 45.6 Å². The molecular formula is C25H30N2O3. The average Bonchev–Trinajstić information content (AvgIpc) is 2.78. The van der Waals surface area contributed by atoms with Gasteiger partial charge in [0.15, 0.2) is 11.5 Å². The monoisotopic (exact) mass is 406 g/mol. The van der Waals surface area contributed by atoms with Crippen molar-refractivity contribution < 1.29 is 14.6 Å². The summed E-state index contributed by atoms with van der Waals surface area (Å²) in [7, 11) is 5.68. The second-order valence-corrected chi connectivity index (χ2v) is 7.33. The maximum atomic E-state index is 10.5. The summed E-state index contributed by atoms with van der Waals surface area (Å²) >= 11 is 0. The van der Waals surface area contributed by atoms with Crippen molar-refractivity contribution in [1.29, 1.82) is 0 Å². The minimum absolute atomic E-state index is 0.187. The van der Waals surface area contributed by atoms with Crippen molar-refractivity contribution in [3.8, 4) is 11.5 Å². The third-order valence-electron chi connectivity index (χ3n) is 4.95. The van der Waals surface area contributed by atoms with Crippen LogP contribution in [0.1, 0.15) is 5.56 Å². The van der Waals surface area contributed by atoms with Gasteiger partial charge in [-0.25, -0.2) is 0 Å². The quantitative estimate of drug-likeness (QED) is 0.547. The molecule has 0 radical (unpaired) electrons. The van der Waals surface area contributed by atoms with Crippen LogP contribution >= 0.6 is 0 Å². The van der Waals surface area contributed by atoms with Crippen LogP contribution in [0, 0.1) is 0 Å². The zero-order valence-electron chi connectivity index (χ0n) is 17.9. The predicted octanol–water partition coefficient (Wildman–Crippen LogP) is 4.21. The van der Waals surface area contributed by atoms with E-state index in [-0.39, 0.29) is 6.61 Å². The zero-order valence-corrected chi connectivity index (χ0v) is 17.9. The van der Waals surface area contributed by atoms with Crippen LogP contribution in [0.5, 0.6) is 11.5 Å². The van der Waals surface area contributed by atoms with Crippen molar-refractivity contribution in [1.82, 2.24) is 0 Å². The summed E-state index contributed by atoms with van der Waals surface area (Å²) in [6.45, 7) is 1.45. The highest BCUT2D eigenvalue weighted by atomic mass is 16.5. The Bertz CT molecular complexity index is 917. The molecular weight excluding hydrogens is 376 g/mol. The highest BCUT2D eigenvalue weighted by molar-refractivity contribution is 5.70. The molecule has 0 heterocycles. The van der Waals surface area contributed by atoms with E-state index in [1.54, 1.807) is 7.11 Å². The lowest BCUT2D eigenvalue weighted by atomic mass is 10.1. The first-order valence-corrected chi connectivity index (χ1v) is 10.1. The molecule has 5 heteroatoms. The lowest BCUT2D eigenvalue weighted by Crippen LogP contribution is -2.34. The number of likely N-dealkylation sites (N-methyl/N-ethyl adjacent to an activating group) is 1. The van der Waals surface area contributed by atoms with E-state index in [1.165, 1.54) is 5.56 Å². The van der Waals surface area contributed by atoms with Gasteiger partial charge in [-0.05, 0) is 29.8 Å². The van der Waals surface area contributed by atoms with E-state index in [2.05, 4.69) is 53.2 Å². The standard InChI is InChI=1S/C25H30N2O3/c1-26(17-20-11-5-4-6-12-20)22-13-7-8-14-23(22)27(2)18-21(28)19-30-25-16-10-9-15-24(25)29-3/h4-16,21,28H,17-19H2,1-3H3.